The minimum atomic E-state index is -0.0950. The molecule has 0 spiro atoms. The van der Waals surface area contributed by atoms with Crippen LogP contribution in [0.1, 0.15) is 5.56 Å². The lowest BCUT2D eigenvalue weighted by Gasteiger charge is -2.01. The van der Waals surface area contributed by atoms with Gasteiger partial charge in [-0.25, -0.2) is 0 Å². The smallest absolute Gasteiger partial charge is 0.194 e. The largest absolute Gasteiger partial charge is 0.464 e. The van der Waals surface area contributed by atoms with E-state index in [2.05, 4.69) is 0 Å². The second-order valence-corrected chi connectivity index (χ2v) is 2.96. The number of anilines is 1. The predicted octanol–water partition coefficient (Wildman–Crippen LogP) is 1.68. The molecule has 1 aromatic carbocycles. The topological polar surface area (TPSA) is 56.2 Å². The van der Waals surface area contributed by atoms with Gasteiger partial charge in [0.05, 0.1) is 11.6 Å². The molecule has 0 saturated carbocycles. The molecule has 0 aliphatic carbocycles. The lowest BCUT2D eigenvalue weighted by atomic mass is 10.1. The molecule has 0 radical (unpaired) electrons. The lowest BCUT2D eigenvalue weighted by Crippen LogP contribution is -2.02. The summed E-state index contributed by atoms with van der Waals surface area (Å²) in [6, 6.07) is 4.92. The van der Waals surface area contributed by atoms with Crippen LogP contribution in [0.5, 0.6) is 0 Å². The molecule has 66 valence electrons. The van der Waals surface area contributed by atoms with Crippen LogP contribution in [0.15, 0.2) is 33.7 Å². The minimum Gasteiger partial charge on any atom is -0.464 e. The SMILES string of the molecule is Cc1ccc(N)c2c(=O)ccoc12. The average Bonchev–Trinajstić information content (AvgIpc) is 2.12. The Balaban J connectivity index is 3.09. The summed E-state index contributed by atoms with van der Waals surface area (Å²) < 4.78 is 5.22. The van der Waals surface area contributed by atoms with Gasteiger partial charge in [-0.15, -0.1) is 0 Å². The van der Waals surface area contributed by atoms with Crippen molar-refractivity contribution in [3.63, 3.8) is 0 Å². The number of hydrogen-bond acceptors (Lipinski definition) is 3. The highest BCUT2D eigenvalue weighted by atomic mass is 16.3. The summed E-state index contributed by atoms with van der Waals surface area (Å²) in [5.74, 6) is 0. The number of benzene rings is 1. The Morgan fingerprint density at radius 3 is 2.77 bits per heavy atom. The molecule has 1 heterocycles. The third-order valence-electron chi connectivity index (χ3n) is 2.04. The van der Waals surface area contributed by atoms with Crippen LogP contribution in [0.25, 0.3) is 11.0 Å². The third-order valence-corrected chi connectivity index (χ3v) is 2.04. The van der Waals surface area contributed by atoms with Gasteiger partial charge in [0.1, 0.15) is 5.58 Å². The first kappa shape index (κ1) is 7.86. The van der Waals surface area contributed by atoms with E-state index in [1.54, 1.807) is 6.07 Å². The highest BCUT2D eigenvalue weighted by Crippen LogP contribution is 2.20. The number of nitrogens with two attached hydrogens (primary N) is 1. The molecule has 3 heteroatoms. The molecular weight excluding hydrogens is 166 g/mol. The minimum absolute atomic E-state index is 0.0950. The van der Waals surface area contributed by atoms with E-state index in [-0.39, 0.29) is 5.43 Å². The van der Waals surface area contributed by atoms with Crippen molar-refractivity contribution in [3.05, 3.63) is 40.2 Å². The van der Waals surface area contributed by atoms with Gasteiger partial charge in [0.15, 0.2) is 5.43 Å². The Morgan fingerprint density at radius 2 is 2.08 bits per heavy atom. The van der Waals surface area contributed by atoms with Crippen LogP contribution in [0.2, 0.25) is 0 Å². The van der Waals surface area contributed by atoms with E-state index in [4.69, 9.17) is 10.2 Å². The van der Waals surface area contributed by atoms with E-state index >= 15 is 0 Å². The monoisotopic (exact) mass is 175 g/mol. The second kappa shape index (κ2) is 2.62. The number of aryl methyl sites for hydroxylation is 1. The molecule has 13 heavy (non-hydrogen) atoms. The van der Waals surface area contributed by atoms with Crippen LogP contribution < -0.4 is 11.2 Å². The van der Waals surface area contributed by atoms with Gasteiger partial charge in [-0.2, -0.15) is 0 Å². The van der Waals surface area contributed by atoms with Crippen LogP contribution in [0, 0.1) is 6.92 Å². The predicted molar refractivity (Wildman–Crippen MR) is 51.6 cm³/mol. The maximum atomic E-state index is 11.4. The molecular formula is C10H9NO2. The Hall–Kier alpha value is -1.77. The first-order valence-corrected chi connectivity index (χ1v) is 3.97. The van der Waals surface area contributed by atoms with Gasteiger partial charge in [-0.3, -0.25) is 4.79 Å². The van der Waals surface area contributed by atoms with Crippen molar-refractivity contribution in [2.24, 2.45) is 0 Å². The van der Waals surface area contributed by atoms with E-state index in [0.29, 0.717) is 16.7 Å². The van der Waals surface area contributed by atoms with E-state index < -0.39 is 0 Å². The number of nitrogen functional groups attached to an aromatic ring is 1. The van der Waals surface area contributed by atoms with Crippen molar-refractivity contribution in [3.8, 4) is 0 Å². The molecule has 0 saturated heterocycles. The van der Waals surface area contributed by atoms with Gasteiger partial charge in [-0.05, 0) is 18.6 Å². The Labute approximate surface area is 74.8 Å². The molecule has 2 rings (SSSR count). The molecule has 0 aliphatic heterocycles. The first-order valence-electron chi connectivity index (χ1n) is 3.97. The van der Waals surface area contributed by atoms with Gasteiger partial charge in [0, 0.05) is 11.8 Å². The van der Waals surface area contributed by atoms with Gasteiger partial charge in [0.2, 0.25) is 0 Å². The normalized spacial score (nSPS) is 10.5. The van der Waals surface area contributed by atoms with Gasteiger partial charge in [-0.1, -0.05) is 6.07 Å². The zero-order chi connectivity index (χ0) is 9.42. The summed E-state index contributed by atoms with van der Waals surface area (Å²) in [4.78, 5) is 11.4. The van der Waals surface area contributed by atoms with Crippen LogP contribution in [0.4, 0.5) is 5.69 Å². The number of fused-ring (bicyclic) bond motifs is 1. The molecule has 1 aromatic heterocycles. The molecule has 2 N–H and O–H groups in total. The number of hydrogen-bond donors (Lipinski definition) is 1. The molecule has 0 amide bonds. The fourth-order valence-electron chi connectivity index (χ4n) is 1.36. The fourth-order valence-corrected chi connectivity index (χ4v) is 1.36. The summed E-state index contributed by atoms with van der Waals surface area (Å²) in [6.07, 6.45) is 1.39. The molecule has 2 aromatic rings. The van der Waals surface area contributed by atoms with Crippen molar-refractivity contribution < 1.29 is 4.42 Å². The van der Waals surface area contributed by atoms with Crippen molar-refractivity contribution in [2.75, 3.05) is 5.73 Å². The van der Waals surface area contributed by atoms with E-state index in [1.807, 2.05) is 13.0 Å². The Morgan fingerprint density at radius 1 is 1.31 bits per heavy atom. The standard InChI is InChI=1S/C10H9NO2/c1-6-2-3-7(11)9-8(12)4-5-13-10(6)9/h2-5H,11H2,1H3. The molecule has 0 atom stereocenters. The van der Waals surface area contributed by atoms with Gasteiger partial charge in [0.25, 0.3) is 0 Å². The summed E-state index contributed by atoms with van der Waals surface area (Å²) in [5.41, 5.74) is 7.53. The van der Waals surface area contributed by atoms with Crippen molar-refractivity contribution in [1.82, 2.24) is 0 Å². The Bertz CT molecular complexity index is 514. The average molecular weight is 175 g/mol. The first-order chi connectivity index (χ1) is 6.20. The quantitative estimate of drug-likeness (QED) is 0.620. The van der Waals surface area contributed by atoms with E-state index in [0.717, 1.165) is 5.56 Å². The summed E-state index contributed by atoms with van der Waals surface area (Å²) in [6.45, 7) is 1.88. The molecule has 0 unspecified atom stereocenters. The lowest BCUT2D eigenvalue weighted by molar-refractivity contribution is 0.600. The fraction of sp³-hybridized carbons (Fsp3) is 0.100. The second-order valence-electron chi connectivity index (χ2n) is 2.96. The van der Waals surface area contributed by atoms with Crippen LogP contribution >= 0.6 is 0 Å². The maximum absolute atomic E-state index is 11.4. The number of rotatable bonds is 0. The summed E-state index contributed by atoms with van der Waals surface area (Å²) >= 11 is 0. The van der Waals surface area contributed by atoms with Crippen molar-refractivity contribution in [2.45, 2.75) is 6.92 Å². The van der Waals surface area contributed by atoms with Crippen LogP contribution in [-0.2, 0) is 0 Å². The molecule has 0 bridgehead atoms. The highest BCUT2D eigenvalue weighted by molar-refractivity contribution is 5.90. The molecule has 0 aliphatic rings. The molecule has 0 fully saturated rings. The highest BCUT2D eigenvalue weighted by Gasteiger charge is 2.05. The molecule has 3 nitrogen and oxygen atoms in total. The van der Waals surface area contributed by atoms with Crippen LogP contribution in [-0.4, -0.2) is 0 Å². The van der Waals surface area contributed by atoms with E-state index in [9.17, 15) is 4.79 Å². The van der Waals surface area contributed by atoms with Gasteiger partial charge < -0.3 is 10.2 Å². The Kier molecular flexibility index (Phi) is 1.59. The van der Waals surface area contributed by atoms with Crippen molar-refractivity contribution >= 4 is 16.7 Å². The van der Waals surface area contributed by atoms with E-state index in [1.165, 1.54) is 12.3 Å². The maximum Gasteiger partial charge on any atom is 0.194 e. The summed E-state index contributed by atoms with van der Waals surface area (Å²) in [5, 5.41) is 0.475. The third kappa shape index (κ3) is 1.09. The van der Waals surface area contributed by atoms with Crippen molar-refractivity contribution in [1.29, 1.82) is 0 Å². The van der Waals surface area contributed by atoms with Crippen LogP contribution in [0.3, 0.4) is 0 Å². The van der Waals surface area contributed by atoms with Gasteiger partial charge >= 0.3 is 0 Å². The zero-order valence-corrected chi connectivity index (χ0v) is 7.20. The summed E-state index contributed by atoms with van der Waals surface area (Å²) in [7, 11) is 0. The zero-order valence-electron chi connectivity index (χ0n) is 7.20.